The van der Waals surface area contributed by atoms with Crippen LogP contribution in [-0.2, 0) is 24.5 Å². The predicted octanol–water partition coefficient (Wildman–Crippen LogP) is -1.55. The first kappa shape index (κ1) is 16.2. The van der Waals surface area contributed by atoms with Crippen molar-refractivity contribution >= 4 is 51.4 Å². The molecule has 0 bridgehead atoms. The van der Waals surface area contributed by atoms with Crippen LogP contribution in [0.5, 0.6) is 0 Å². The van der Waals surface area contributed by atoms with Gasteiger partial charge < -0.3 is 0 Å². The van der Waals surface area contributed by atoms with E-state index in [1.807, 2.05) is 0 Å². The van der Waals surface area contributed by atoms with Gasteiger partial charge in [-0.1, -0.05) is 0 Å². The number of rotatable bonds is 0. The molecule has 8 heteroatoms. The van der Waals surface area contributed by atoms with E-state index >= 15 is 0 Å². The topological polar surface area (TPSA) is 112 Å². The average Bonchev–Trinajstić information content (AvgIpc) is 1.36. The Morgan fingerprint density at radius 3 is 1.00 bits per heavy atom. The molecule has 0 spiro atoms. The van der Waals surface area contributed by atoms with E-state index in [1.54, 1.807) is 0 Å². The van der Waals surface area contributed by atoms with Gasteiger partial charge in [-0.05, 0) is 0 Å². The van der Waals surface area contributed by atoms with Gasteiger partial charge in [-0.3, -0.25) is 10.5 Å². The fourth-order valence-electron chi connectivity index (χ4n) is 0. The second kappa shape index (κ2) is 8.44. The summed E-state index contributed by atoms with van der Waals surface area (Å²) in [5.41, 5.74) is 0. The van der Waals surface area contributed by atoms with E-state index in [9.17, 15) is 0 Å². The summed E-state index contributed by atoms with van der Waals surface area (Å²) in [4.78, 5) is 0. The van der Waals surface area contributed by atoms with Crippen molar-refractivity contribution in [1.82, 2.24) is 0 Å². The van der Waals surface area contributed by atoms with Crippen molar-refractivity contribution in [3.63, 3.8) is 0 Å². The van der Waals surface area contributed by atoms with Gasteiger partial charge in [0.05, 0.1) is 0 Å². The quantitative estimate of drug-likeness (QED) is 0.244. The summed E-state index contributed by atoms with van der Waals surface area (Å²) in [5, 5.41) is 12.0. The van der Waals surface area contributed by atoms with Crippen LogP contribution in [0.3, 0.4) is 0 Å². The zero-order chi connectivity index (χ0) is 6.50. The Labute approximate surface area is 89.0 Å². The fraction of sp³-hybridized carbons (Fsp3) is 0. The molecule has 48 valence electrons. The van der Waals surface area contributed by atoms with E-state index in [1.165, 1.54) is 0 Å². The van der Waals surface area contributed by atoms with Crippen molar-refractivity contribution in [2.75, 3.05) is 0 Å². The molecule has 0 aliphatic rings. The molecule has 0 saturated heterocycles. The van der Waals surface area contributed by atoms with Crippen molar-refractivity contribution in [3.05, 3.63) is 0 Å². The van der Waals surface area contributed by atoms with Crippen LogP contribution in [0.25, 0.3) is 0 Å². The van der Waals surface area contributed by atoms with Gasteiger partial charge >= 0.3 is 80.0 Å². The Morgan fingerprint density at radius 2 is 1.00 bits per heavy atom. The second-order valence-electron chi connectivity index (χ2n) is 0.396. The molecule has 0 radical (unpaired) electrons. The van der Waals surface area contributed by atoms with Crippen LogP contribution in [-0.4, -0.2) is 66.1 Å². The first-order chi connectivity index (χ1) is 3.00. The molecule has 0 aromatic rings. The molecule has 0 aromatic carbocycles. The van der Waals surface area contributed by atoms with Crippen LogP contribution in [0, 0.1) is 0 Å². The van der Waals surface area contributed by atoms with E-state index in [-0.39, 0.29) is 51.4 Å². The molecule has 0 aromatic heterocycles. The molecule has 0 amide bonds. The van der Waals surface area contributed by atoms with Crippen LogP contribution in [0.2, 0.25) is 0 Å². The molecule has 0 fully saturated rings. The van der Waals surface area contributed by atoms with Gasteiger partial charge in [0.15, 0.2) is 0 Å². The van der Waals surface area contributed by atoms with E-state index in [2.05, 4.69) is 0 Å². The molecular formula is H4KMnO6. The van der Waals surface area contributed by atoms with E-state index in [4.69, 9.17) is 26.2 Å². The Hall–Kier alpha value is 1.44. The van der Waals surface area contributed by atoms with Gasteiger partial charge in [-0.25, -0.2) is 0 Å². The average molecular weight is 194 g/mol. The minimum atomic E-state index is -5.38. The molecule has 8 heavy (non-hydrogen) atoms. The first-order valence-corrected chi connectivity index (χ1v) is 2.81. The molecule has 3 N–H and O–H groups in total. The van der Waals surface area contributed by atoms with Gasteiger partial charge in [-0.15, -0.1) is 0 Å². The number of hydrogen-bond donors (Lipinski definition) is 3. The van der Waals surface area contributed by atoms with Gasteiger partial charge in [-0.2, -0.15) is 0 Å². The third kappa shape index (κ3) is 149. The number of hydrogen-bond acceptors (Lipinski definition) is 5. The molecule has 0 rings (SSSR count). The van der Waals surface area contributed by atoms with Gasteiger partial charge in [0, 0.05) is 0 Å². The van der Waals surface area contributed by atoms with Crippen LogP contribution in [0.15, 0.2) is 0 Å². The Bertz CT molecular complexity index is 130. The molecule has 6 nitrogen and oxygen atoms in total. The van der Waals surface area contributed by atoms with Crippen LogP contribution >= 0.6 is 0 Å². The molecule has 0 saturated carbocycles. The Kier molecular flexibility index (Phi) is 17.1. The monoisotopic (exact) mass is 194 g/mol. The summed E-state index contributed by atoms with van der Waals surface area (Å²) < 4.78 is 33.1. The normalized spacial score (nSPS) is 7.88. The minimum absolute atomic E-state index is 0. The summed E-state index contributed by atoms with van der Waals surface area (Å²) in [6.45, 7) is 0. The van der Waals surface area contributed by atoms with E-state index in [0.717, 1.165) is 0 Å². The summed E-state index contributed by atoms with van der Waals surface area (Å²) in [6.07, 6.45) is 0. The molecule has 0 aliphatic carbocycles. The zero-order valence-electron chi connectivity index (χ0n) is 2.94. The van der Waals surface area contributed by atoms with Crippen molar-refractivity contribution in [3.8, 4) is 0 Å². The molecule has 0 atom stereocenters. The maximum atomic E-state index is 8.69. The Balaban J connectivity index is -0.0000000750. The zero-order valence-corrected chi connectivity index (χ0v) is 4.12. The summed E-state index contributed by atoms with van der Waals surface area (Å²) >= 11 is -5.38. The molecule has 0 heterocycles. The van der Waals surface area contributed by atoms with Crippen molar-refractivity contribution in [2.45, 2.75) is 0 Å². The standard InChI is InChI=1S/K.Mn.H2O2.H2O.3O.H/c;;1-2;;;;;/h;;1-2H;1H2;;;;/q;+1;;;;;;/p-1. The maximum absolute atomic E-state index is 8.69. The molecular weight excluding hydrogens is 190 g/mol. The third-order valence-electron chi connectivity index (χ3n) is 0. The third-order valence-corrected chi connectivity index (χ3v) is 0. The Morgan fingerprint density at radius 1 is 1.00 bits per heavy atom. The van der Waals surface area contributed by atoms with E-state index in [0.29, 0.717) is 0 Å². The predicted molar refractivity (Wildman–Crippen MR) is 16.7 cm³/mol. The molecule has 0 unspecified atom stereocenters. The van der Waals surface area contributed by atoms with Crippen molar-refractivity contribution < 1.29 is 39.2 Å². The van der Waals surface area contributed by atoms with Gasteiger partial charge in [0.1, 0.15) is 0 Å². The second-order valence-corrected chi connectivity index (χ2v) is 1.63. The summed E-state index contributed by atoms with van der Waals surface area (Å²) in [6, 6.07) is 0. The van der Waals surface area contributed by atoms with Gasteiger partial charge in [0.25, 0.3) is 0 Å². The van der Waals surface area contributed by atoms with Crippen LogP contribution in [0.1, 0.15) is 0 Å². The van der Waals surface area contributed by atoms with Crippen LogP contribution < -0.4 is 0 Å². The van der Waals surface area contributed by atoms with Gasteiger partial charge in [0.2, 0.25) is 0 Å². The van der Waals surface area contributed by atoms with Crippen LogP contribution in [0.4, 0.5) is 0 Å². The SMILES string of the molecule is OO.[KH].[O]=[Mn](=[O])(=[O])[OH]. The van der Waals surface area contributed by atoms with Crippen molar-refractivity contribution in [2.24, 2.45) is 0 Å². The molecule has 0 aliphatic heterocycles. The van der Waals surface area contributed by atoms with E-state index < -0.39 is 13.0 Å². The summed E-state index contributed by atoms with van der Waals surface area (Å²) in [5.74, 6) is 0. The fourth-order valence-corrected chi connectivity index (χ4v) is 0. The first-order valence-electron chi connectivity index (χ1n) is 0.832. The van der Waals surface area contributed by atoms with Crippen molar-refractivity contribution in [1.29, 1.82) is 0 Å². The summed E-state index contributed by atoms with van der Waals surface area (Å²) in [7, 11) is 0.